The monoisotopic (exact) mass is 460 g/mol. The van der Waals surface area contributed by atoms with Crippen LogP contribution in [0.2, 0.25) is 0 Å². The van der Waals surface area contributed by atoms with Crippen molar-refractivity contribution in [2.75, 3.05) is 19.7 Å². The predicted molar refractivity (Wildman–Crippen MR) is 127 cm³/mol. The molecule has 0 spiro atoms. The van der Waals surface area contributed by atoms with Crippen LogP contribution in [0.4, 0.5) is 0 Å². The number of ether oxygens (including phenoxy) is 1. The van der Waals surface area contributed by atoms with Gasteiger partial charge in [0.15, 0.2) is 5.58 Å². The van der Waals surface area contributed by atoms with Gasteiger partial charge in [-0.3, -0.25) is 9.36 Å². The maximum absolute atomic E-state index is 12.7. The van der Waals surface area contributed by atoms with Crippen molar-refractivity contribution in [1.82, 2.24) is 15.2 Å². The summed E-state index contributed by atoms with van der Waals surface area (Å²) in [6.45, 7) is 1.82. The summed E-state index contributed by atoms with van der Waals surface area (Å²) >= 11 is 0. The number of hydrogen-bond donors (Lipinski definition) is 2. The Hall–Kier alpha value is -3.41. The number of aromatic nitrogens is 1. The van der Waals surface area contributed by atoms with Crippen LogP contribution < -0.4 is 16.4 Å². The largest absolute Gasteiger partial charge is 0.419 e. The fourth-order valence-electron chi connectivity index (χ4n) is 5.03. The van der Waals surface area contributed by atoms with E-state index < -0.39 is 12.1 Å². The van der Waals surface area contributed by atoms with Crippen LogP contribution in [-0.2, 0) is 35.8 Å². The average Bonchev–Trinajstić information content (AvgIpc) is 3.32. The lowest BCUT2D eigenvalue weighted by Crippen LogP contribution is -2.46. The number of nitriles is 1. The van der Waals surface area contributed by atoms with Gasteiger partial charge >= 0.3 is 5.76 Å². The second kappa shape index (κ2) is 9.45. The number of benzene rings is 2. The molecule has 1 aromatic heterocycles. The van der Waals surface area contributed by atoms with Gasteiger partial charge in [0.05, 0.1) is 11.6 Å². The van der Waals surface area contributed by atoms with Crippen LogP contribution in [0.5, 0.6) is 0 Å². The molecule has 0 radical (unpaired) electrons. The highest BCUT2D eigenvalue weighted by Crippen LogP contribution is 2.36. The normalized spacial score (nSPS) is 18.8. The van der Waals surface area contributed by atoms with Gasteiger partial charge in [0, 0.05) is 26.6 Å². The van der Waals surface area contributed by atoms with Gasteiger partial charge in [0.1, 0.15) is 12.1 Å². The molecule has 8 heteroatoms. The lowest BCUT2D eigenvalue weighted by Gasteiger charge is -2.19. The average molecular weight is 461 g/mol. The van der Waals surface area contributed by atoms with Gasteiger partial charge in [-0.15, -0.1) is 0 Å². The molecule has 2 aliphatic rings. The molecule has 176 valence electrons. The van der Waals surface area contributed by atoms with Crippen LogP contribution in [0.15, 0.2) is 39.5 Å². The van der Waals surface area contributed by atoms with E-state index in [1.807, 2.05) is 18.2 Å². The first-order chi connectivity index (χ1) is 16.5. The van der Waals surface area contributed by atoms with Gasteiger partial charge in [-0.05, 0) is 72.2 Å². The summed E-state index contributed by atoms with van der Waals surface area (Å²) < 4.78 is 12.4. The third-order valence-corrected chi connectivity index (χ3v) is 6.82. The molecule has 8 nitrogen and oxygen atoms in total. The number of rotatable bonds is 5. The molecule has 1 amide bonds. The smallest absolute Gasteiger partial charge is 0.408 e. The molecule has 1 fully saturated rings. The Bertz CT molecular complexity index is 1330. The number of nitrogens with zero attached hydrogens (tertiary/aromatic N) is 2. The van der Waals surface area contributed by atoms with E-state index in [2.05, 4.69) is 28.8 Å². The van der Waals surface area contributed by atoms with E-state index in [-0.39, 0.29) is 11.7 Å². The third kappa shape index (κ3) is 4.25. The van der Waals surface area contributed by atoms with Crippen LogP contribution in [0.1, 0.15) is 29.5 Å². The summed E-state index contributed by atoms with van der Waals surface area (Å²) in [5.41, 5.74) is 7.16. The lowest BCUT2D eigenvalue weighted by molar-refractivity contribution is -0.132. The molecule has 0 saturated carbocycles. The molecule has 3 aromatic rings. The minimum atomic E-state index is -0.619. The summed E-state index contributed by atoms with van der Waals surface area (Å²) in [7, 11) is 1.71. The van der Waals surface area contributed by atoms with E-state index in [1.165, 1.54) is 15.7 Å². The number of oxazole rings is 1. The molecule has 1 saturated heterocycles. The van der Waals surface area contributed by atoms with Crippen molar-refractivity contribution in [3.05, 3.63) is 57.6 Å². The van der Waals surface area contributed by atoms with Crippen molar-refractivity contribution in [3.63, 3.8) is 0 Å². The second-order valence-electron chi connectivity index (χ2n) is 9.00. The van der Waals surface area contributed by atoms with Crippen LogP contribution in [0.25, 0.3) is 22.2 Å². The molecule has 2 N–H and O–H groups in total. The number of nitrogens with one attached hydrogen (secondary N) is 2. The van der Waals surface area contributed by atoms with Gasteiger partial charge in [0.25, 0.3) is 5.91 Å². The number of hydrogen-bond acceptors (Lipinski definition) is 6. The summed E-state index contributed by atoms with van der Waals surface area (Å²) in [5, 5.41) is 15.8. The third-order valence-electron chi connectivity index (χ3n) is 6.82. The van der Waals surface area contributed by atoms with E-state index in [9.17, 15) is 14.9 Å². The standard InChI is InChI=1S/C26H28N4O4/c1-30-22-13-17(7-9-23(22)34-26(30)32)20-8-6-16(19-4-2-5-21(19)20)12-18(14-27)29-25(31)24-15-28-10-3-11-33-24/h6-9,13,18,24,28H,2-5,10-12,15H2,1H3,(H,29,31). The molecule has 2 unspecified atom stereocenters. The van der Waals surface area contributed by atoms with E-state index in [1.54, 1.807) is 7.05 Å². The predicted octanol–water partition coefficient (Wildman–Crippen LogP) is 2.22. The fourth-order valence-corrected chi connectivity index (χ4v) is 5.03. The maximum atomic E-state index is 12.7. The Labute approximate surface area is 197 Å². The first kappa shape index (κ1) is 22.4. The molecule has 2 heterocycles. The van der Waals surface area contributed by atoms with Crippen molar-refractivity contribution in [3.8, 4) is 17.2 Å². The Kier molecular flexibility index (Phi) is 6.22. The SMILES string of the molecule is Cn1c(=O)oc2ccc(-c3ccc(CC(C#N)NC(=O)C4CNCCCO4)c4c3CCC4)cc21. The van der Waals surface area contributed by atoms with Crippen molar-refractivity contribution in [1.29, 1.82) is 5.26 Å². The number of carbonyl (C=O) groups is 1. The first-order valence-corrected chi connectivity index (χ1v) is 11.8. The highest BCUT2D eigenvalue weighted by Gasteiger charge is 2.26. The minimum absolute atomic E-state index is 0.242. The first-order valence-electron chi connectivity index (χ1n) is 11.8. The van der Waals surface area contributed by atoms with Gasteiger partial charge < -0.3 is 19.8 Å². The Morgan fingerprint density at radius 2 is 2.12 bits per heavy atom. The minimum Gasteiger partial charge on any atom is -0.408 e. The quantitative estimate of drug-likeness (QED) is 0.604. The Morgan fingerprint density at radius 3 is 2.97 bits per heavy atom. The lowest BCUT2D eigenvalue weighted by atomic mass is 9.91. The maximum Gasteiger partial charge on any atom is 0.419 e. The topological polar surface area (TPSA) is 109 Å². The van der Waals surface area contributed by atoms with E-state index >= 15 is 0 Å². The zero-order valence-electron chi connectivity index (χ0n) is 19.2. The zero-order valence-corrected chi connectivity index (χ0v) is 19.2. The molecule has 5 rings (SSSR count). The summed E-state index contributed by atoms with van der Waals surface area (Å²) in [6.07, 6.45) is 3.73. The van der Waals surface area contributed by atoms with Crippen molar-refractivity contribution >= 4 is 17.0 Å². The zero-order chi connectivity index (χ0) is 23.7. The highest BCUT2D eigenvalue weighted by molar-refractivity contribution is 5.83. The van der Waals surface area contributed by atoms with Crippen LogP contribution in [0.3, 0.4) is 0 Å². The van der Waals surface area contributed by atoms with E-state index in [0.717, 1.165) is 54.4 Å². The van der Waals surface area contributed by atoms with Crippen LogP contribution >= 0.6 is 0 Å². The number of fused-ring (bicyclic) bond motifs is 2. The molecular formula is C26H28N4O4. The number of carbonyl (C=O) groups excluding carboxylic acids is 1. The molecule has 2 atom stereocenters. The molecule has 34 heavy (non-hydrogen) atoms. The molecule has 2 aromatic carbocycles. The molecule has 1 aliphatic heterocycles. The molecular weight excluding hydrogens is 432 g/mol. The Balaban J connectivity index is 1.39. The number of amides is 1. The van der Waals surface area contributed by atoms with Gasteiger partial charge in [-0.1, -0.05) is 18.2 Å². The molecule has 1 aliphatic carbocycles. The molecule has 0 bridgehead atoms. The van der Waals surface area contributed by atoms with Crippen molar-refractivity contribution in [2.24, 2.45) is 7.05 Å². The van der Waals surface area contributed by atoms with E-state index in [0.29, 0.717) is 25.2 Å². The number of aryl methyl sites for hydroxylation is 1. The highest BCUT2D eigenvalue weighted by atomic mass is 16.5. The second-order valence-corrected chi connectivity index (χ2v) is 9.00. The van der Waals surface area contributed by atoms with Crippen LogP contribution in [-0.4, -0.2) is 42.3 Å². The fraction of sp³-hybridized carbons (Fsp3) is 0.423. The van der Waals surface area contributed by atoms with Crippen molar-refractivity contribution < 1.29 is 13.9 Å². The Morgan fingerprint density at radius 1 is 1.26 bits per heavy atom. The summed E-state index contributed by atoms with van der Waals surface area (Å²) in [6, 6.07) is 11.6. The van der Waals surface area contributed by atoms with E-state index in [4.69, 9.17) is 9.15 Å². The van der Waals surface area contributed by atoms with Crippen molar-refractivity contribution in [2.45, 2.75) is 44.2 Å². The van der Waals surface area contributed by atoms with Gasteiger partial charge in [-0.25, -0.2) is 4.79 Å². The van der Waals surface area contributed by atoms with Gasteiger partial charge in [0.2, 0.25) is 0 Å². The summed E-state index contributed by atoms with van der Waals surface area (Å²) in [5.74, 6) is -0.615. The summed E-state index contributed by atoms with van der Waals surface area (Å²) in [4.78, 5) is 24.5. The van der Waals surface area contributed by atoms with Gasteiger partial charge in [-0.2, -0.15) is 5.26 Å². The van der Waals surface area contributed by atoms with Crippen LogP contribution in [0, 0.1) is 11.3 Å².